The fourth-order valence-electron chi connectivity index (χ4n) is 2.14. The Kier molecular flexibility index (Phi) is 4.56. The smallest absolute Gasteiger partial charge is 0.211 e. The van der Waals surface area contributed by atoms with E-state index in [0.717, 1.165) is 12.8 Å². The molecule has 0 N–H and O–H groups in total. The molecule has 1 aromatic carbocycles. The van der Waals surface area contributed by atoms with E-state index >= 15 is 0 Å². The Morgan fingerprint density at radius 1 is 1.00 bits per heavy atom. The maximum absolute atomic E-state index is 10.4. The highest BCUT2D eigenvalue weighted by molar-refractivity contribution is 5.44. The summed E-state index contributed by atoms with van der Waals surface area (Å²) in [6, 6.07) is 10.2. The minimum atomic E-state index is -1.24. The second-order valence-electron chi connectivity index (χ2n) is 4.60. The molecular formula is C16H14N2O2. The molecule has 20 heavy (non-hydrogen) atoms. The van der Waals surface area contributed by atoms with E-state index in [-0.39, 0.29) is 5.92 Å². The number of allylic oxidation sites excluding steroid dienone is 2. The van der Waals surface area contributed by atoms with Crippen molar-refractivity contribution in [1.29, 1.82) is 0 Å². The second kappa shape index (κ2) is 6.58. The minimum Gasteiger partial charge on any atom is -0.211 e. The van der Waals surface area contributed by atoms with Crippen molar-refractivity contribution < 1.29 is 9.59 Å². The molecule has 1 aliphatic rings. The van der Waals surface area contributed by atoms with Crippen LogP contribution in [0.15, 0.2) is 64.6 Å². The molecule has 1 aromatic rings. The Hall–Kier alpha value is -2.54. The van der Waals surface area contributed by atoms with E-state index in [2.05, 4.69) is 22.1 Å². The van der Waals surface area contributed by atoms with E-state index < -0.39 is 5.66 Å². The van der Waals surface area contributed by atoms with Crippen molar-refractivity contribution in [3.8, 4) is 0 Å². The number of hydrogen-bond donors (Lipinski definition) is 0. The van der Waals surface area contributed by atoms with Crippen LogP contribution in [-0.2, 0) is 16.0 Å². The topological polar surface area (TPSA) is 58.9 Å². The summed E-state index contributed by atoms with van der Waals surface area (Å²) >= 11 is 0. The Morgan fingerprint density at radius 2 is 1.60 bits per heavy atom. The van der Waals surface area contributed by atoms with E-state index in [1.165, 1.54) is 17.7 Å². The number of nitrogens with zero attached hydrogens (tertiary/aromatic N) is 2. The van der Waals surface area contributed by atoms with Crippen molar-refractivity contribution in [2.24, 2.45) is 15.9 Å². The monoisotopic (exact) mass is 266 g/mol. The SMILES string of the molecule is O=C=NC1(N=C=O)C=CC(CCc2ccccc2)C=C1. The summed E-state index contributed by atoms with van der Waals surface area (Å²) in [7, 11) is 0. The quantitative estimate of drug-likeness (QED) is 0.467. The van der Waals surface area contributed by atoms with E-state index in [9.17, 15) is 9.59 Å². The highest BCUT2D eigenvalue weighted by Crippen LogP contribution is 2.25. The molecule has 0 amide bonds. The summed E-state index contributed by atoms with van der Waals surface area (Å²) in [5.41, 5.74) is 0.0372. The summed E-state index contributed by atoms with van der Waals surface area (Å²) in [5.74, 6) is 0.243. The van der Waals surface area contributed by atoms with Gasteiger partial charge < -0.3 is 0 Å². The van der Waals surface area contributed by atoms with Crippen molar-refractivity contribution in [3.05, 3.63) is 60.2 Å². The Labute approximate surface area is 117 Å². The molecule has 0 unspecified atom stereocenters. The van der Waals surface area contributed by atoms with E-state index in [4.69, 9.17) is 0 Å². The molecule has 4 nitrogen and oxygen atoms in total. The second-order valence-corrected chi connectivity index (χ2v) is 4.60. The van der Waals surface area contributed by atoms with Gasteiger partial charge in [0, 0.05) is 0 Å². The maximum Gasteiger partial charge on any atom is 0.238 e. The number of rotatable bonds is 5. The van der Waals surface area contributed by atoms with Crippen LogP contribution < -0.4 is 0 Å². The van der Waals surface area contributed by atoms with Crippen LogP contribution >= 0.6 is 0 Å². The van der Waals surface area contributed by atoms with Gasteiger partial charge in [-0.2, -0.15) is 9.98 Å². The van der Waals surface area contributed by atoms with Gasteiger partial charge in [-0.1, -0.05) is 42.5 Å². The van der Waals surface area contributed by atoms with Gasteiger partial charge in [0.2, 0.25) is 17.8 Å². The fourth-order valence-corrected chi connectivity index (χ4v) is 2.14. The van der Waals surface area contributed by atoms with Crippen LogP contribution in [-0.4, -0.2) is 17.8 Å². The van der Waals surface area contributed by atoms with Crippen LogP contribution in [0, 0.1) is 5.92 Å². The third kappa shape index (κ3) is 3.48. The summed E-state index contributed by atoms with van der Waals surface area (Å²) in [6.07, 6.45) is 11.9. The molecule has 100 valence electrons. The molecule has 0 heterocycles. The van der Waals surface area contributed by atoms with Crippen molar-refractivity contribution in [2.75, 3.05) is 0 Å². The van der Waals surface area contributed by atoms with E-state index in [0.29, 0.717) is 0 Å². The zero-order chi connectivity index (χ0) is 14.3. The maximum atomic E-state index is 10.4. The fraction of sp³-hybridized carbons (Fsp3) is 0.250. The number of aliphatic imine (C=N–C) groups is 2. The van der Waals surface area contributed by atoms with Gasteiger partial charge >= 0.3 is 0 Å². The molecule has 0 fully saturated rings. The molecule has 4 heteroatoms. The Balaban J connectivity index is 2.00. The largest absolute Gasteiger partial charge is 0.238 e. The van der Waals surface area contributed by atoms with Crippen LogP contribution in [0.2, 0.25) is 0 Å². The number of benzene rings is 1. The lowest BCUT2D eigenvalue weighted by molar-refractivity contribution is 0.541. The number of hydrogen-bond acceptors (Lipinski definition) is 4. The molecular weight excluding hydrogens is 252 g/mol. The highest BCUT2D eigenvalue weighted by atomic mass is 16.1. The predicted octanol–water partition coefficient (Wildman–Crippen LogP) is 2.73. The van der Waals surface area contributed by atoms with Gasteiger partial charge in [0.05, 0.1) is 0 Å². The van der Waals surface area contributed by atoms with Gasteiger partial charge in [0.1, 0.15) is 0 Å². The van der Waals surface area contributed by atoms with Gasteiger partial charge in [-0.05, 0) is 36.5 Å². The first kappa shape index (κ1) is 13.9. The van der Waals surface area contributed by atoms with Gasteiger partial charge in [0.25, 0.3) is 0 Å². The van der Waals surface area contributed by atoms with Crippen molar-refractivity contribution in [1.82, 2.24) is 0 Å². The molecule has 0 spiro atoms. The van der Waals surface area contributed by atoms with Crippen LogP contribution in [0.4, 0.5) is 0 Å². The lowest BCUT2D eigenvalue weighted by Crippen LogP contribution is -2.20. The van der Waals surface area contributed by atoms with Gasteiger partial charge in [-0.25, -0.2) is 9.59 Å². The van der Waals surface area contributed by atoms with E-state index in [1.807, 2.05) is 30.4 Å². The first-order chi connectivity index (χ1) is 9.78. The Bertz CT molecular complexity index is 573. The number of aryl methyl sites for hydroxylation is 1. The molecule has 0 bridgehead atoms. The van der Waals surface area contributed by atoms with Crippen molar-refractivity contribution in [2.45, 2.75) is 18.5 Å². The van der Waals surface area contributed by atoms with Crippen LogP contribution in [0.3, 0.4) is 0 Å². The van der Waals surface area contributed by atoms with Crippen molar-refractivity contribution >= 4 is 12.2 Å². The zero-order valence-electron chi connectivity index (χ0n) is 10.9. The van der Waals surface area contributed by atoms with Crippen LogP contribution in [0.25, 0.3) is 0 Å². The summed E-state index contributed by atoms with van der Waals surface area (Å²) in [5, 5.41) is 0. The first-order valence-electron chi connectivity index (χ1n) is 6.39. The normalized spacial score (nSPS) is 23.7. The first-order valence-corrected chi connectivity index (χ1v) is 6.39. The molecule has 0 saturated carbocycles. The number of carbonyl (C=O) groups excluding carboxylic acids is 2. The highest BCUT2D eigenvalue weighted by Gasteiger charge is 2.25. The molecule has 0 aromatic heterocycles. The summed E-state index contributed by atoms with van der Waals surface area (Å²) in [6.45, 7) is 0. The Morgan fingerprint density at radius 3 is 2.15 bits per heavy atom. The zero-order valence-corrected chi connectivity index (χ0v) is 10.9. The average Bonchev–Trinajstić information content (AvgIpc) is 2.48. The third-order valence-corrected chi connectivity index (χ3v) is 3.24. The molecule has 0 atom stereocenters. The minimum absolute atomic E-state index is 0.243. The summed E-state index contributed by atoms with van der Waals surface area (Å²) in [4.78, 5) is 27.9. The standard InChI is InChI=1S/C16H14N2O2/c19-12-17-16(18-13-20)10-8-15(9-11-16)7-6-14-4-2-1-3-5-14/h1-5,8-11,15H,6-7H2. The molecule has 1 aliphatic carbocycles. The van der Waals surface area contributed by atoms with Crippen LogP contribution in [0.5, 0.6) is 0 Å². The predicted molar refractivity (Wildman–Crippen MR) is 75.5 cm³/mol. The third-order valence-electron chi connectivity index (χ3n) is 3.24. The molecule has 0 saturated heterocycles. The number of isocyanates is 2. The van der Waals surface area contributed by atoms with Gasteiger partial charge in [-0.15, -0.1) is 0 Å². The molecule has 0 aliphatic heterocycles. The van der Waals surface area contributed by atoms with Crippen LogP contribution in [0.1, 0.15) is 12.0 Å². The molecule has 2 rings (SSSR count). The van der Waals surface area contributed by atoms with E-state index in [1.54, 1.807) is 12.2 Å². The van der Waals surface area contributed by atoms with Crippen molar-refractivity contribution in [3.63, 3.8) is 0 Å². The summed E-state index contributed by atoms with van der Waals surface area (Å²) < 4.78 is 0. The molecule has 0 radical (unpaired) electrons. The lowest BCUT2D eigenvalue weighted by Gasteiger charge is -2.20. The van der Waals surface area contributed by atoms with Gasteiger partial charge in [0.15, 0.2) is 0 Å². The van der Waals surface area contributed by atoms with Gasteiger partial charge in [-0.3, -0.25) is 0 Å². The lowest BCUT2D eigenvalue weighted by atomic mass is 9.92. The average molecular weight is 266 g/mol.